The van der Waals surface area contributed by atoms with Gasteiger partial charge in [0.1, 0.15) is 4.83 Å². The predicted octanol–water partition coefficient (Wildman–Crippen LogP) is 2.86. The van der Waals surface area contributed by atoms with Crippen molar-refractivity contribution >= 4 is 21.6 Å². The van der Waals surface area contributed by atoms with E-state index in [-0.39, 0.29) is 16.9 Å². The summed E-state index contributed by atoms with van der Waals surface area (Å²) < 4.78 is 8.87. The zero-order valence-electron chi connectivity index (χ0n) is 15.2. The number of thiophene rings is 1. The van der Waals surface area contributed by atoms with E-state index in [1.165, 1.54) is 15.9 Å². The Kier molecular flexibility index (Phi) is 4.12. The van der Waals surface area contributed by atoms with Crippen LogP contribution in [0.2, 0.25) is 0 Å². The van der Waals surface area contributed by atoms with Crippen LogP contribution in [0.3, 0.4) is 0 Å². The average Bonchev–Trinajstić information content (AvgIpc) is 2.98. The molecule has 1 aromatic carbocycles. The lowest BCUT2D eigenvalue weighted by atomic mass is 9.94. The summed E-state index contributed by atoms with van der Waals surface area (Å²) in [4.78, 5) is 27.8. The molecule has 0 saturated carbocycles. The van der Waals surface area contributed by atoms with Crippen molar-refractivity contribution in [1.82, 2.24) is 9.13 Å². The van der Waals surface area contributed by atoms with Crippen LogP contribution in [-0.2, 0) is 37.8 Å². The third-order valence-corrected chi connectivity index (χ3v) is 6.30. The van der Waals surface area contributed by atoms with E-state index < -0.39 is 0 Å². The Balaban J connectivity index is 1.84. The molecule has 0 fully saturated rings. The van der Waals surface area contributed by atoms with Gasteiger partial charge < -0.3 is 4.74 Å². The normalized spacial score (nSPS) is 16.0. The number of hydrogen-bond donors (Lipinski definition) is 0. The summed E-state index contributed by atoms with van der Waals surface area (Å²) in [5.41, 5.74) is 1.45. The SMILES string of the molecule is Cn1c(=O)n(CCc2ccccc2)c(=O)c2c3c(sc21)COC(C)(C)C3. The van der Waals surface area contributed by atoms with Gasteiger partial charge in [-0.1, -0.05) is 30.3 Å². The molecule has 0 saturated heterocycles. The van der Waals surface area contributed by atoms with E-state index in [0.717, 1.165) is 20.8 Å². The van der Waals surface area contributed by atoms with Gasteiger partial charge in [0.2, 0.25) is 0 Å². The maximum absolute atomic E-state index is 13.2. The number of rotatable bonds is 3. The number of aryl methyl sites for hydroxylation is 2. The van der Waals surface area contributed by atoms with Crippen LogP contribution in [0.15, 0.2) is 39.9 Å². The molecule has 3 heterocycles. The van der Waals surface area contributed by atoms with Gasteiger partial charge in [0, 0.05) is 24.9 Å². The monoisotopic (exact) mass is 370 g/mol. The molecular formula is C20H22N2O3S. The topological polar surface area (TPSA) is 53.2 Å². The fourth-order valence-corrected chi connectivity index (χ4v) is 4.74. The maximum atomic E-state index is 13.2. The fraction of sp³-hybridized carbons (Fsp3) is 0.400. The molecule has 136 valence electrons. The Labute approximate surface area is 155 Å². The summed E-state index contributed by atoms with van der Waals surface area (Å²) in [6, 6.07) is 9.93. The Morgan fingerprint density at radius 3 is 2.65 bits per heavy atom. The second kappa shape index (κ2) is 6.21. The first-order valence-electron chi connectivity index (χ1n) is 8.79. The summed E-state index contributed by atoms with van der Waals surface area (Å²) >= 11 is 1.50. The highest BCUT2D eigenvalue weighted by Gasteiger charge is 2.31. The minimum absolute atomic E-state index is 0.172. The first kappa shape index (κ1) is 17.2. The highest BCUT2D eigenvalue weighted by molar-refractivity contribution is 7.18. The number of ether oxygens (including phenoxy) is 1. The molecule has 0 bridgehead atoms. The van der Waals surface area contributed by atoms with E-state index >= 15 is 0 Å². The van der Waals surface area contributed by atoms with Crippen molar-refractivity contribution in [3.63, 3.8) is 0 Å². The average molecular weight is 370 g/mol. The second-order valence-electron chi connectivity index (χ2n) is 7.44. The van der Waals surface area contributed by atoms with Gasteiger partial charge in [0.05, 0.1) is 17.6 Å². The van der Waals surface area contributed by atoms with Crippen molar-refractivity contribution in [1.29, 1.82) is 0 Å². The molecule has 5 nitrogen and oxygen atoms in total. The van der Waals surface area contributed by atoms with Gasteiger partial charge in [-0.15, -0.1) is 11.3 Å². The molecule has 6 heteroatoms. The van der Waals surface area contributed by atoms with E-state index in [4.69, 9.17) is 4.74 Å². The van der Waals surface area contributed by atoms with Crippen molar-refractivity contribution in [2.75, 3.05) is 0 Å². The zero-order chi connectivity index (χ0) is 18.5. The van der Waals surface area contributed by atoms with Crippen LogP contribution in [0.25, 0.3) is 10.2 Å². The Morgan fingerprint density at radius 1 is 1.19 bits per heavy atom. The van der Waals surface area contributed by atoms with Gasteiger partial charge in [-0.05, 0) is 31.4 Å². The Hall–Kier alpha value is -2.18. The van der Waals surface area contributed by atoms with Crippen molar-refractivity contribution in [2.24, 2.45) is 7.05 Å². The smallest absolute Gasteiger partial charge is 0.331 e. The van der Waals surface area contributed by atoms with Gasteiger partial charge in [0.25, 0.3) is 5.56 Å². The molecule has 26 heavy (non-hydrogen) atoms. The molecular weight excluding hydrogens is 348 g/mol. The summed E-state index contributed by atoms with van der Waals surface area (Å²) in [5.74, 6) is 0. The molecule has 0 amide bonds. The molecule has 3 aromatic rings. The summed E-state index contributed by atoms with van der Waals surface area (Å²) in [5, 5.41) is 0.691. The molecule has 0 atom stereocenters. The second-order valence-corrected chi connectivity index (χ2v) is 8.53. The van der Waals surface area contributed by atoms with Gasteiger partial charge >= 0.3 is 5.69 Å². The van der Waals surface area contributed by atoms with Crippen molar-refractivity contribution in [3.8, 4) is 0 Å². The van der Waals surface area contributed by atoms with Crippen molar-refractivity contribution < 1.29 is 4.74 Å². The molecule has 2 aromatic heterocycles. The van der Waals surface area contributed by atoms with E-state index in [1.807, 2.05) is 44.2 Å². The molecule has 4 rings (SSSR count). The highest BCUT2D eigenvalue weighted by Crippen LogP contribution is 2.36. The lowest BCUT2D eigenvalue weighted by Gasteiger charge is -2.29. The van der Waals surface area contributed by atoms with E-state index in [1.54, 1.807) is 11.6 Å². The minimum Gasteiger partial charge on any atom is -0.370 e. The lowest BCUT2D eigenvalue weighted by molar-refractivity contribution is -0.0379. The summed E-state index contributed by atoms with van der Waals surface area (Å²) in [6.07, 6.45) is 1.34. The first-order chi connectivity index (χ1) is 12.4. The molecule has 0 spiro atoms. The number of fused-ring (bicyclic) bond motifs is 3. The number of aromatic nitrogens is 2. The molecule has 1 aliphatic heterocycles. The van der Waals surface area contributed by atoms with Crippen molar-refractivity contribution in [3.05, 3.63) is 67.2 Å². The first-order valence-corrected chi connectivity index (χ1v) is 9.61. The lowest BCUT2D eigenvalue weighted by Crippen LogP contribution is -2.40. The van der Waals surface area contributed by atoms with E-state index in [2.05, 4.69) is 0 Å². The zero-order valence-corrected chi connectivity index (χ0v) is 16.1. The number of benzene rings is 1. The van der Waals surface area contributed by atoms with E-state index in [0.29, 0.717) is 31.4 Å². The predicted molar refractivity (Wildman–Crippen MR) is 104 cm³/mol. The van der Waals surface area contributed by atoms with Gasteiger partial charge in [0.15, 0.2) is 0 Å². The summed E-state index contributed by atoms with van der Waals surface area (Å²) in [6.45, 7) is 4.96. The molecule has 0 unspecified atom stereocenters. The standard InChI is InChI=1S/C20H22N2O3S/c1-20(2)11-14-15(12-25-20)26-18-16(14)17(23)22(19(24)21(18)3)10-9-13-7-5-4-6-8-13/h4-8H,9-12H2,1-3H3. The molecule has 0 radical (unpaired) electrons. The third-order valence-electron chi connectivity index (χ3n) is 5.02. The third kappa shape index (κ3) is 2.83. The van der Waals surface area contributed by atoms with Crippen LogP contribution in [0, 0.1) is 0 Å². The van der Waals surface area contributed by atoms with Crippen molar-refractivity contribution in [2.45, 2.75) is 45.4 Å². The molecule has 1 aliphatic rings. The van der Waals surface area contributed by atoms with Gasteiger partial charge in [-0.3, -0.25) is 13.9 Å². The van der Waals surface area contributed by atoms with Crippen LogP contribution < -0.4 is 11.2 Å². The van der Waals surface area contributed by atoms with Gasteiger partial charge in [-0.2, -0.15) is 0 Å². The van der Waals surface area contributed by atoms with Crippen LogP contribution >= 0.6 is 11.3 Å². The molecule has 0 aliphatic carbocycles. The largest absolute Gasteiger partial charge is 0.370 e. The van der Waals surface area contributed by atoms with Crippen LogP contribution in [0.4, 0.5) is 0 Å². The molecule has 0 N–H and O–H groups in total. The minimum atomic E-state index is -0.295. The van der Waals surface area contributed by atoms with Gasteiger partial charge in [-0.25, -0.2) is 4.79 Å². The highest BCUT2D eigenvalue weighted by atomic mass is 32.1. The van der Waals surface area contributed by atoms with Crippen LogP contribution in [-0.4, -0.2) is 14.7 Å². The fourth-order valence-electron chi connectivity index (χ4n) is 3.57. The van der Waals surface area contributed by atoms with Crippen LogP contribution in [0.1, 0.15) is 29.9 Å². The quantitative estimate of drug-likeness (QED) is 0.712. The van der Waals surface area contributed by atoms with E-state index in [9.17, 15) is 9.59 Å². The Morgan fingerprint density at radius 2 is 1.92 bits per heavy atom. The Bertz CT molecular complexity index is 1090. The van der Waals surface area contributed by atoms with Crippen LogP contribution in [0.5, 0.6) is 0 Å². The summed E-state index contributed by atoms with van der Waals surface area (Å²) in [7, 11) is 1.75. The number of hydrogen-bond acceptors (Lipinski definition) is 4. The number of nitrogens with zero attached hydrogens (tertiary/aromatic N) is 2. The maximum Gasteiger partial charge on any atom is 0.331 e.